The van der Waals surface area contributed by atoms with Gasteiger partial charge in [-0.15, -0.1) is 5.73 Å². The maximum Gasteiger partial charge on any atom is 0.155 e. The van der Waals surface area contributed by atoms with Gasteiger partial charge in [0, 0.05) is 0 Å². The standard InChI is InChI=1S/C12H18O/c1-6-7-8-9-12(4,5)10(2)11(3)13/h6,8H,2,9H2,1,3-5H3. The van der Waals surface area contributed by atoms with E-state index in [0.29, 0.717) is 5.57 Å². The van der Waals surface area contributed by atoms with Gasteiger partial charge >= 0.3 is 0 Å². The number of ketones is 1. The molecule has 0 atom stereocenters. The second-order valence-electron chi connectivity index (χ2n) is 3.78. The topological polar surface area (TPSA) is 17.1 Å². The van der Waals surface area contributed by atoms with Crippen LogP contribution in [-0.2, 0) is 4.79 Å². The van der Waals surface area contributed by atoms with Crippen LogP contribution in [0, 0.1) is 5.41 Å². The highest BCUT2D eigenvalue weighted by atomic mass is 16.1. The average molecular weight is 178 g/mol. The quantitative estimate of drug-likeness (QED) is 0.477. The Kier molecular flexibility index (Phi) is 4.44. The molecule has 1 nitrogen and oxygen atoms in total. The summed E-state index contributed by atoms with van der Waals surface area (Å²) in [6.07, 6.45) is 4.59. The molecule has 0 rings (SSSR count). The van der Waals surface area contributed by atoms with Crippen LogP contribution in [0.5, 0.6) is 0 Å². The molecule has 0 radical (unpaired) electrons. The Hall–Kier alpha value is -1.07. The summed E-state index contributed by atoms with van der Waals surface area (Å²) >= 11 is 0. The molecule has 72 valence electrons. The Morgan fingerprint density at radius 2 is 2.08 bits per heavy atom. The zero-order valence-electron chi connectivity index (χ0n) is 8.98. The minimum atomic E-state index is -0.151. The molecule has 1 heteroatoms. The number of allylic oxidation sites excluding steroid dienone is 2. The van der Waals surface area contributed by atoms with E-state index in [2.05, 4.69) is 12.3 Å². The lowest BCUT2D eigenvalue weighted by Crippen LogP contribution is -2.17. The first-order valence-corrected chi connectivity index (χ1v) is 4.47. The normalized spacial score (nSPS) is 10.2. The fourth-order valence-corrected chi connectivity index (χ4v) is 1.03. The van der Waals surface area contributed by atoms with Crippen molar-refractivity contribution in [3.63, 3.8) is 0 Å². The molecular weight excluding hydrogens is 160 g/mol. The average Bonchev–Trinajstić information content (AvgIpc) is 2.03. The molecule has 0 bridgehead atoms. The summed E-state index contributed by atoms with van der Waals surface area (Å²) in [5.41, 5.74) is 3.53. The summed E-state index contributed by atoms with van der Waals surface area (Å²) in [5, 5.41) is 0. The van der Waals surface area contributed by atoms with Crippen molar-refractivity contribution in [3.05, 3.63) is 30.0 Å². The van der Waals surface area contributed by atoms with Gasteiger partial charge in [-0.05, 0) is 43.4 Å². The Morgan fingerprint density at radius 1 is 1.54 bits per heavy atom. The van der Waals surface area contributed by atoms with Gasteiger partial charge in [-0.25, -0.2) is 0 Å². The number of carbonyl (C=O) groups excluding carboxylic acids is 1. The third-order valence-electron chi connectivity index (χ3n) is 2.14. The fourth-order valence-electron chi connectivity index (χ4n) is 1.03. The summed E-state index contributed by atoms with van der Waals surface area (Å²) < 4.78 is 0. The van der Waals surface area contributed by atoms with Gasteiger partial charge in [-0.3, -0.25) is 4.79 Å². The molecule has 0 aromatic rings. The molecule has 0 aliphatic carbocycles. The first-order valence-electron chi connectivity index (χ1n) is 4.47. The lowest BCUT2D eigenvalue weighted by Gasteiger charge is -2.23. The highest BCUT2D eigenvalue weighted by Crippen LogP contribution is 2.29. The maximum absolute atomic E-state index is 11.1. The van der Waals surface area contributed by atoms with Crippen LogP contribution in [0.4, 0.5) is 0 Å². The maximum atomic E-state index is 11.1. The zero-order valence-corrected chi connectivity index (χ0v) is 8.98. The van der Waals surface area contributed by atoms with Gasteiger partial charge in [-0.1, -0.05) is 20.4 Å². The van der Waals surface area contributed by atoms with Crippen molar-refractivity contribution in [3.8, 4) is 0 Å². The molecule has 0 saturated carbocycles. The molecule has 0 amide bonds. The van der Waals surface area contributed by atoms with Crippen LogP contribution in [-0.4, -0.2) is 5.78 Å². The van der Waals surface area contributed by atoms with E-state index in [1.165, 1.54) is 0 Å². The highest BCUT2D eigenvalue weighted by molar-refractivity contribution is 5.93. The van der Waals surface area contributed by atoms with Gasteiger partial charge in [-0.2, -0.15) is 0 Å². The smallest absolute Gasteiger partial charge is 0.155 e. The van der Waals surface area contributed by atoms with Crippen molar-refractivity contribution >= 4 is 5.78 Å². The van der Waals surface area contributed by atoms with E-state index in [1.54, 1.807) is 6.92 Å². The third-order valence-corrected chi connectivity index (χ3v) is 2.14. The molecule has 0 heterocycles. The minimum Gasteiger partial charge on any atom is -0.295 e. The van der Waals surface area contributed by atoms with E-state index in [9.17, 15) is 4.79 Å². The van der Waals surface area contributed by atoms with Crippen LogP contribution in [0.2, 0.25) is 0 Å². The minimum absolute atomic E-state index is 0.0684. The lowest BCUT2D eigenvalue weighted by atomic mass is 9.80. The number of hydrogen-bond donors (Lipinski definition) is 0. The molecule has 0 saturated heterocycles. The van der Waals surface area contributed by atoms with Crippen molar-refractivity contribution in [1.29, 1.82) is 0 Å². The van der Waals surface area contributed by atoms with Gasteiger partial charge in [0.05, 0.1) is 0 Å². The van der Waals surface area contributed by atoms with Crippen LogP contribution >= 0.6 is 0 Å². The van der Waals surface area contributed by atoms with Crippen LogP contribution < -0.4 is 0 Å². The summed E-state index contributed by atoms with van der Waals surface area (Å²) in [7, 11) is 0. The van der Waals surface area contributed by atoms with Crippen molar-refractivity contribution in [2.45, 2.75) is 34.1 Å². The van der Waals surface area contributed by atoms with Gasteiger partial charge in [0.15, 0.2) is 5.78 Å². The Bertz CT molecular complexity index is 263. The van der Waals surface area contributed by atoms with Crippen LogP contribution in [0.15, 0.2) is 30.0 Å². The highest BCUT2D eigenvalue weighted by Gasteiger charge is 2.22. The molecule has 0 aliphatic rings. The van der Waals surface area contributed by atoms with E-state index in [4.69, 9.17) is 0 Å². The number of carbonyl (C=O) groups is 1. The fraction of sp³-hybridized carbons (Fsp3) is 0.500. The van der Waals surface area contributed by atoms with Gasteiger partial charge in [0.1, 0.15) is 0 Å². The van der Waals surface area contributed by atoms with Crippen molar-refractivity contribution in [1.82, 2.24) is 0 Å². The first kappa shape index (κ1) is 11.9. The van der Waals surface area contributed by atoms with Crippen LogP contribution in [0.25, 0.3) is 0 Å². The van der Waals surface area contributed by atoms with Gasteiger partial charge in [0.25, 0.3) is 0 Å². The summed E-state index contributed by atoms with van der Waals surface area (Å²) in [5.74, 6) is 0.0684. The number of rotatable bonds is 4. The third kappa shape index (κ3) is 3.91. The Balaban J connectivity index is 4.48. The Morgan fingerprint density at radius 3 is 2.46 bits per heavy atom. The lowest BCUT2D eigenvalue weighted by molar-refractivity contribution is -0.114. The summed E-state index contributed by atoms with van der Waals surface area (Å²) in [6, 6.07) is 0. The van der Waals surface area contributed by atoms with E-state index >= 15 is 0 Å². The van der Waals surface area contributed by atoms with E-state index in [1.807, 2.05) is 32.9 Å². The molecule has 0 spiro atoms. The predicted octanol–water partition coefficient (Wildman–Crippen LogP) is 3.28. The molecule has 13 heavy (non-hydrogen) atoms. The molecule has 0 fully saturated rings. The van der Waals surface area contributed by atoms with Crippen molar-refractivity contribution < 1.29 is 4.79 Å². The largest absolute Gasteiger partial charge is 0.295 e. The van der Waals surface area contributed by atoms with Gasteiger partial charge in [0.2, 0.25) is 0 Å². The first-order chi connectivity index (χ1) is 5.91. The van der Waals surface area contributed by atoms with E-state index in [0.717, 1.165) is 6.42 Å². The summed E-state index contributed by atoms with van der Waals surface area (Å²) in [6.45, 7) is 11.3. The van der Waals surface area contributed by atoms with Crippen molar-refractivity contribution in [2.75, 3.05) is 0 Å². The Labute approximate surface area is 80.8 Å². The summed E-state index contributed by atoms with van der Waals surface area (Å²) in [4.78, 5) is 11.1. The van der Waals surface area contributed by atoms with Crippen LogP contribution in [0.3, 0.4) is 0 Å². The predicted molar refractivity (Wildman–Crippen MR) is 56.5 cm³/mol. The molecular formula is C12H18O. The molecule has 0 unspecified atom stereocenters. The van der Waals surface area contributed by atoms with Crippen molar-refractivity contribution in [2.24, 2.45) is 5.41 Å². The number of Topliss-reactive ketones (excluding diaryl/α,β-unsaturated/α-hetero) is 1. The molecule has 0 N–H and O–H groups in total. The second-order valence-corrected chi connectivity index (χ2v) is 3.78. The van der Waals surface area contributed by atoms with E-state index < -0.39 is 0 Å². The zero-order chi connectivity index (χ0) is 10.5. The van der Waals surface area contributed by atoms with Crippen LogP contribution in [0.1, 0.15) is 34.1 Å². The number of hydrogen-bond acceptors (Lipinski definition) is 1. The molecule has 0 aliphatic heterocycles. The van der Waals surface area contributed by atoms with E-state index in [-0.39, 0.29) is 11.2 Å². The SMILES string of the molecule is C=C(C(C)=O)C(C)(C)CC=C=CC. The molecule has 0 aromatic carbocycles. The molecule has 0 aromatic heterocycles. The monoisotopic (exact) mass is 178 g/mol. The van der Waals surface area contributed by atoms with Gasteiger partial charge < -0.3 is 0 Å². The second kappa shape index (κ2) is 4.84.